The van der Waals surface area contributed by atoms with Gasteiger partial charge in [-0.2, -0.15) is 23.4 Å². The highest BCUT2D eigenvalue weighted by Crippen LogP contribution is 2.37. The number of nitrogens with zero attached hydrogens (tertiary/aromatic N) is 6. The molecule has 0 saturated carbocycles. The van der Waals surface area contributed by atoms with Crippen LogP contribution in [0.4, 0.5) is 13.2 Å². The number of benzene rings is 1. The maximum absolute atomic E-state index is 14.3. The summed E-state index contributed by atoms with van der Waals surface area (Å²) in [6.45, 7) is 4.32. The molecule has 10 nitrogen and oxygen atoms in total. The van der Waals surface area contributed by atoms with E-state index < -0.39 is 17.8 Å². The van der Waals surface area contributed by atoms with Crippen molar-refractivity contribution in [3.63, 3.8) is 0 Å². The number of fused-ring (bicyclic) bond motifs is 1. The number of nitrogens with one attached hydrogen (secondary N) is 1. The van der Waals surface area contributed by atoms with Crippen molar-refractivity contribution in [2.45, 2.75) is 32.1 Å². The number of rotatable bonds is 6. The van der Waals surface area contributed by atoms with Crippen LogP contribution in [0.15, 0.2) is 42.9 Å². The number of hydrogen-bond donors (Lipinski definition) is 2. The Morgan fingerprint density at radius 1 is 1.23 bits per heavy atom. The van der Waals surface area contributed by atoms with Crippen molar-refractivity contribution >= 4 is 11.6 Å². The molecular weight excluding hydrogens is 515 g/mol. The fraction of sp³-hybridized carbons (Fsp3) is 0.385. The molecule has 1 aromatic carbocycles. The van der Waals surface area contributed by atoms with E-state index >= 15 is 0 Å². The lowest BCUT2D eigenvalue weighted by molar-refractivity contribution is -0.143. The van der Waals surface area contributed by atoms with Gasteiger partial charge in [0.05, 0.1) is 37.8 Å². The summed E-state index contributed by atoms with van der Waals surface area (Å²) in [5, 5.41) is 20.6. The average molecular weight is 544 g/mol. The molecule has 4 heterocycles. The predicted octanol–water partition coefficient (Wildman–Crippen LogP) is 3.34. The van der Waals surface area contributed by atoms with Gasteiger partial charge < -0.3 is 14.7 Å². The van der Waals surface area contributed by atoms with E-state index in [1.54, 1.807) is 41.6 Å². The van der Waals surface area contributed by atoms with Crippen LogP contribution in [0.3, 0.4) is 0 Å². The van der Waals surface area contributed by atoms with Gasteiger partial charge in [-0.3, -0.25) is 14.8 Å². The smallest absolute Gasteiger partial charge is 0.433 e. The lowest BCUT2D eigenvalue weighted by Crippen LogP contribution is -2.55. The number of halogens is 3. The second-order valence-corrected chi connectivity index (χ2v) is 9.53. The minimum atomic E-state index is -4.73. The standard InChI is InChI=1S/C26H28F3N7O3/c1-15-13-34(21(14-37)18-10-30-31-11-18)8-9-35(15)25(38)20-12-32-36-23(26(27,28)29)16(2)22(33-24(20)36)17-4-6-19(39-3)7-5-17/h4-7,10-12,15,21,37H,8-9,13-14H2,1-3H3,(H,30,31)/t15-,21+/m1/s1. The third-order valence-electron chi connectivity index (χ3n) is 7.18. The number of piperazine rings is 1. The molecule has 4 aromatic rings. The summed E-state index contributed by atoms with van der Waals surface area (Å²) < 4.78 is 48.6. The summed E-state index contributed by atoms with van der Waals surface area (Å²) in [5.41, 5.74) is 0.138. The van der Waals surface area contributed by atoms with Crippen LogP contribution in [0.25, 0.3) is 16.9 Å². The molecule has 2 N–H and O–H groups in total. The van der Waals surface area contributed by atoms with Crippen LogP contribution in [0.2, 0.25) is 0 Å². The van der Waals surface area contributed by atoms with Gasteiger partial charge in [-0.25, -0.2) is 9.50 Å². The van der Waals surface area contributed by atoms with Crippen LogP contribution in [0.1, 0.15) is 40.1 Å². The number of hydrogen-bond acceptors (Lipinski definition) is 7. The highest BCUT2D eigenvalue weighted by atomic mass is 19.4. The summed E-state index contributed by atoms with van der Waals surface area (Å²) >= 11 is 0. The molecule has 5 rings (SSSR count). The average Bonchev–Trinajstić information content (AvgIpc) is 3.58. The highest BCUT2D eigenvalue weighted by Gasteiger charge is 2.39. The third-order valence-corrected chi connectivity index (χ3v) is 7.18. The number of carbonyl (C=O) groups is 1. The van der Waals surface area contributed by atoms with E-state index in [0.717, 1.165) is 11.8 Å². The van der Waals surface area contributed by atoms with Crippen molar-refractivity contribution in [3.8, 4) is 17.0 Å². The molecule has 1 aliphatic rings. The van der Waals surface area contributed by atoms with Crippen LogP contribution in [-0.4, -0.2) is 85.0 Å². The SMILES string of the molecule is COc1ccc(-c2nc3c(C(=O)N4CCN([C@@H](CO)c5cn[nH]c5)C[C@H]4C)cnn3c(C(F)(F)F)c2C)cc1. The van der Waals surface area contributed by atoms with E-state index in [1.165, 1.54) is 14.0 Å². The molecule has 0 bridgehead atoms. The zero-order valence-corrected chi connectivity index (χ0v) is 21.6. The zero-order chi connectivity index (χ0) is 27.9. The molecule has 1 amide bonds. The summed E-state index contributed by atoms with van der Waals surface area (Å²) in [5.74, 6) is 0.101. The van der Waals surface area contributed by atoms with Crippen molar-refractivity contribution < 1.29 is 27.8 Å². The van der Waals surface area contributed by atoms with Crippen molar-refractivity contribution in [1.82, 2.24) is 34.6 Å². The fourth-order valence-electron chi connectivity index (χ4n) is 5.19. The first-order valence-electron chi connectivity index (χ1n) is 12.4. The number of ether oxygens (including phenoxy) is 1. The van der Waals surface area contributed by atoms with Gasteiger partial charge >= 0.3 is 6.18 Å². The number of aliphatic hydroxyl groups excluding tert-OH is 1. The van der Waals surface area contributed by atoms with E-state index in [2.05, 4.69) is 25.2 Å². The number of H-pyrrole nitrogens is 1. The molecule has 1 fully saturated rings. The molecular formula is C26H28F3N7O3. The van der Waals surface area contributed by atoms with Crippen molar-refractivity contribution in [2.24, 2.45) is 0 Å². The van der Waals surface area contributed by atoms with Gasteiger partial charge in [-0.15, -0.1) is 0 Å². The Morgan fingerprint density at radius 2 is 1.97 bits per heavy atom. The Labute approximate surface area is 222 Å². The molecule has 1 aliphatic heterocycles. The van der Waals surface area contributed by atoms with Gasteiger partial charge in [0.1, 0.15) is 11.3 Å². The van der Waals surface area contributed by atoms with E-state index in [-0.39, 0.29) is 41.2 Å². The molecule has 2 atom stereocenters. The molecule has 0 aliphatic carbocycles. The normalized spacial score (nSPS) is 17.5. The van der Waals surface area contributed by atoms with Gasteiger partial charge in [0.15, 0.2) is 11.3 Å². The summed E-state index contributed by atoms with van der Waals surface area (Å²) in [4.78, 5) is 21.9. The number of carbonyl (C=O) groups excluding carboxylic acids is 1. The minimum absolute atomic E-state index is 0.0101. The Kier molecular flexibility index (Phi) is 7.03. The van der Waals surface area contributed by atoms with E-state index in [1.807, 2.05) is 6.92 Å². The second-order valence-electron chi connectivity index (χ2n) is 9.53. The van der Waals surface area contributed by atoms with Crippen LogP contribution in [-0.2, 0) is 6.18 Å². The number of aliphatic hydroxyl groups is 1. The molecule has 1 saturated heterocycles. The number of aromatic nitrogens is 5. The maximum Gasteiger partial charge on any atom is 0.433 e. The van der Waals surface area contributed by atoms with Crippen LogP contribution >= 0.6 is 0 Å². The molecule has 13 heteroatoms. The molecule has 206 valence electrons. The largest absolute Gasteiger partial charge is 0.497 e. The summed E-state index contributed by atoms with van der Waals surface area (Å²) in [6, 6.07) is 5.96. The second kappa shape index (κ2) is 10.3. The van der Waals surface area contributed by atoms with Crippen LogP contribution in [0, 0.1) is 6.92 Å². The first-order valence-corrected chi connectivity index (χ1v) is 12.4. The predicted molar refractivity (Wildman–Crippen MR) is 135 cm³/mol. The Balaban J connectivity index is 1.50. The third kappa shape index (κ3) is 4.83. The van der Waals surface area contributed by atoms with E-state index in [0.29, 0.717) is 35.5 Å². The summed E-state index contributed by atoms with van der Waals surface area (Å²) in [6.07, 6.45) is -0.217. The van der Waals surface area contributed by atoms with Crippen LogP contribution in [0.5, 0.6) is 5.75 Å². The van der Waals surface area contributed by atoms with E-state index in [9.17, 15) is 23.1 Å². The zero-order valence-electron chi connectivity index (χ0n) is 21.6. The number of methoxy groups -OCH3 is 1. The summed E-state index contributed by atoms with van der Waals surface area (Å²) in [7, 11) is 1.50. The van der Waals surface area contributed by atoms with Crippen molar-refractivity contribution in [2.75, 3.05) is 33.4 Å². The first kappa shape index (κ1) is 26.6. The lowest BCUT2D eigenvalue weighted by atomic mass is 10.0. The highest BCUT2D eigenvalue weighted by molar-refractivity contribution is 6.00. The fourth-order valence-corrected chi connectivity index (χ4v) is 5.19. The van der Waals surface area contributed by atoms with Gasteiger partial charge in [-0.1, -0.05) is 0 Å². The monoisotopic (exact) mass is 543 g/mol. The number of alkyl halides is 3. The Morgan fingerprint density at radius 3 is 2.56 bits per heavy atom. The Hall–Kier alpha value is -3.97. The van der Waals surface area contributed by atoms with Gasteiger partial charge in [0.25, 0.3) is 5.91 Å². The number of aromatic amines is 1. The van der Waals surface area contributed by atoms with Crippen molar-refractivity contribution in [1.29, 1.82) is 0 Å². The van der Waals surface area contributed by atoms with Crippen LogP contribution < -0.4 is 4.74 Å². The van der Waals surface area contributed by atoms with E-state index in [4.69, 9.17) is 4.74 Å². The Bertz CT molecular complexity index is 1470. The topological polar surface area (TPSA) is 112 Å². The van der Waals surface area contributed by atoms with Crippen molar-refractivity contribution in [3.05, 3.63) is 65.2 Å². The molecule has 0 spiro atoms. The molecule has 0 unspecified atom stereocenters. The maximum atomic E-state index is 14.3. The number of amides is 1. The van der Waals surface area contributed by atoms with Gasteiger partial charge in [-0.05, 0) is 38.1 Å². The quantitative estimate of drug-likeness (QED) is 0.384. The lowest BCUT2D eigenvalue weighted by Gasteiger charge is -2.42. The molecule has 3 aromatic heterocycles. The van der Waals surface area contributed by atoms with Gasteiger partial charge in [0.2, 0.25) is 0 Å². The molecule has 0 radical (unpaired) electrons. The molecule has 39 heavy (non-hydrogen) atoms. The minimum Gasteiger partial charge on any atom is -0.497 e. The van der Waals surface area contributed by atoms with Gasteiger partial charge in [0, 0.05) is 48.6 Å². The first-order chi connectivity index (χ1) is 18.6.